The van der Waals surface area contributed by atoms with E-state index in [1.807, 2.05) is 0 Å². The van der Waals surface area contributed by atoms with Crippen molar-refractivity contribution in [3.8, 4) is 0 Å². The highest BCUT2D eigenvalue weighted by Gasteiger charge is 2.03. The van der Waals surface area contributed by atoms with Crippen molar-refractivity contribution in [1.82, 2.24) is 9.78 Å². The summed E-state index contributed by atoms with van der Waals surface area (Å²) < 4.78 is 6.14. The molecule has 0 spiro atoms. The summed E-state index contributed by atoms with van der Waals surface area (Å²) >= 11 is 5.59. The van der Waals surface area contributed by atoms with E-state index >= 15 is 0 Å². The Balaban J connectivity index is 2.46. The van der Waals surface area contributed by atoms with Crippen LogP contribution in [0.15, 0.2) is 12.4 Å². The number of carbonyl (C=O) groups is 1. The molecule has 1 aromatic heterocycles. The van der Waals surface area contributed by atoms with Crippen LogP contribution in [-0.4, -0.2) is 22.4 Å². The molecule has 0 radical (unpaired) electrons. The van der Waals surface area contributed by atoms with Crippen LogP contribution in [0.4, 0.5) is 0 Å². The quantitative estimate of drug-likeness (QED) is 0.668. The zero-order valence-corrected chi connectivity index (χ0v) is 7.41. The van der Waals surface area contributed by atoms with Gasteiger partial charge < -0.3 is 4.74 Å². The molecule has 1 rings (SSSR count). The molecule has 5 heteroatoms. The second-order valence-corrected chi connectivity index (χ2v) is 2.60. The Morgan fingerprint density at radius 1 is 1.83 bits per heavy atom. The molecule has 4 nitrogen and oxygen atoms in total. The van der Waals surface area contributed by atoms with Crippen molar-refractivity contribution in [2.24, 2.45) is 0 Å². The number of rotatable bonds is 3. The van der Waals surface area contributed by atoms with Gasteiger partial charge in [-0.05, 0) is 6.92 Å². The Kier molecular flexibility index (Phi) is 3.10. The van der Waals surface area contributed by atoms with Gasteiger partial charge in [-0.2, -0.15) is 5.10 Å². The predicted octanol–water partition coefficient (Wildman–Crippen LogP) is 1.10. The highest BCUT2D eigenvalue weighted by atomic mass is 35.5. The number of carbonyl (C=O) groups excluding carboxylic acids is 1. The first-order valence-corrected chi connectivity index (χ1v) is 3.93. The summed E-state index contributed by atoms with van der Waals surface area (Å²) in [6, 6.07) is 0. The lowest BCUT2D eigenvalue weighted by Gasteiger charge is -2.00. The van der Waals surface area contributed by atoms with E-state index in [0.29, 0.717) is 11.6 Å². The van der Waals surface area contributed by atoms with Crippen LogP contribution in [0.5, 0.6) is 0 Å². The van der Waals surface area contributed by atoms with E-state index in [-0.39, 0.29) is 12.5 Å². The highest BCUT2D eigenvalue weighted by molar-refractivity contribution is 6.30. The Bertz CT molecular complexity index is 272. The van der Waals surface area contributed by atoms with E-state index in [2.05, 4.69) is 5.10 Å². The fourth-order valence-corrected chi connectivity index (χ4v) is 0.920. The van der Waals surface area contributed by atoms with E-state index in [0.717, 1.165) is 0 Å². The number of nitrogens with zero attached hydrogens (tertiary/aromatic N) is 2. The summed E-state index contributed by atoms with van der Waals surface area (Å²) in [5.74, 6) is -0.308. The maximum absolute atomic E-state index is 10.9. The highest BCUT2D eigenvalue weighted by Crippen LogP contribution is 2.04. The van der Waals surface area contributed by atoms with Gasteiger partial charge in [-0.1, -0.05) is 11.6 Å². The minimum atomic E-state index is -0.308. The molecule has 0 aromatic carbocycles. The molecule has 1 aromatic rings. The average molecular weight is 189 g/mol. The number of esters is 1. The molecule has 0 fully saturated rings. The fraction of sp³-hybridized carbons (Fsp3) is 0.429. The summed E-state index contributed by atoms with van der Waals surface area (Å²) in [6.07, 6.45) is 3.04. The smallest absolute Gasteiger partial charge is 0.327 e. The van der Waals surface area contributed by atoms with E-state index in [9.17, 15) is 4.79 Å². The largest absolute Gasteiger partial charge is 0.465 e. The van der Waals surface area contributed by atoms with Gasteiger partial charge in [0.1, 0.15) is 6.54 Å². The fourth-order valence-electron chi connectivity index (χ4n) is 0.764. The van der Waals surface area contributed by atoms with Gasteiger partial charge >= 0.3 is 5.97 Å². The van der Waals surface area contributed by atoms with Crippen LogP contribution in [0, 0.1) is 0 Å². The SMILES string of the molecule is CCOC(=O)Cn1cc(Cl)cn1. The zero-order valence-electron chi connectivity index (χ0n) is 6.66. The first kappa shape index (κ1) is 9.06. The van der Waals surface area contributed by atoms with Crippen molar-refractivity contribution >= 4 is 17.6 Å². The Hall–Kier alpha value is -1.03. The molecule has 66 valence electrons. The molecule has 0 N–H and O–H groups in total. The lowest BCUT2D eigenvalue weighted by Crippen LogP contribution is -2.13. The van der Waals surface area contributed by atoms with Gasteiger partial charge in [-0.3, -0.25) is 9.48 Å². The third-order valence-electron chi connectivity index (χ3n) is 1.20. The second-order valence-electron chi connectivity index (χ2n) is 2.16. The molecule has 0 atom stereocenters. The van der Waals surface area contributed by atoms with Gasteiger partial charge in [0.15, 0.2) is 0 Å². The van der Waals surface area contributed by atoms with Crippen molar-refractivity contribution < 1.29 is 9.53 Å². The summed E-state index contributed by atoms with van der Waals surface area (Å²) in [4.78, 5) is 10.9. The van der Waals surface area contributed by atoms with Gasteiger partial charge in [-0.25, -0.2) is 0 Å². The number of aromatic nitrogens is 2. The lowest BCUT2D eigenvalue weighted by atomic mass is 10.6. The molecule has 1 heterocycles. The van der Waals surface area contributed by atoms with Crippen molar-refractivity contribution in [1.29, 1.82) is 0 Å². The molecule has 0 aliphatic heterocycles. The molecule has 0 aliphatic rings. The van der Waals surface area contributed by atoms with Crippen LogP contribution in [0.25, 0.3) is 0 Å². The van der Waals surface area contributed by atoms with Crippen LogP contribution < -0.4 is 0 Å². The van der Waals surface area contributed by atoms with Crippen LogP contribution >= 0.6 is 11.6 Å². The van der Waals surface area contributed by atoms with Gasteiger partial charge in [0, 0.05) is 6.20 Å². The minimum Gasteiger partial charge on any atom is -0.465 e. The summed E-state index contributed by atoms with van der Waals surface area (Å²) in [5.41, 5.74) is 0. The van der Waals surface area contributed by atoms with Gasteiger partial charge in [0.05, 0.1) is 17.8 Å². The lowest BCUT2D eigenvalue weighted by molar-refractivity contribution is -0.144. The summed E-state index contributed by atoms with van der Waals surface area (Å²) in [5, 5.41) is 4.34. The zero-order chi connectivity index (χ0) is 8.97. The number of hydrogen-bond acceptors (Lipinski definition) is 3. The normalized spacial score (nSPS) is 9.83. The third kappa shape index (κ3) is 2.54. The molecule has 12 heavy (non-hydrogen) atoms. The Labute approximate surface area is 75.1 Å². The van der Waals surface area contributed by atoms with Gasteiger partial charge in [0.2, 0.25) is 0 Å². The molecule has 0 saturated carbocycles. The van der Waals surface area contributed by atoms with Gasteiger partial charge in [-0.15, -0.1) is 0 Å². The maximum atomic E-state index is 10.9. The van der Waals surface area contributed by atoms with Crippen molar-refractivity contribution in [3.05, 3.63) is 17.4 Å². The average Bonchev–Trinajstić information content (AvgIpc) is 2.36. The van der Waals surface area contributed by atoms with Crippen LogP contribution in [0.3, 0.4) is 0 Å². The predicted molar refractivity (Wildman–Crippen MR) is 43.9 cm³/mol. The standard InChI is InChI=1S/C7H9ClN2O2/c1-2-12-7(11)5-10-4-6(8)3-9-10/h3-4H,2,5H2,1H3. The Morgan fingerprint density at radius 2 is 2.58 bits per heavy atom. The van der Waals surface area contributed by atoms with Crippen molar-refractivity contribution in [2.45, 2.75) is 13.5 Å². The Morgan fingerprint density at radius 3 is 3.08 bits per heavy atom. The van der Waals surface area contributed by atoms with Gasteiger partial charge in [0.25, 0.3) is 0 Å². The van der Waals surface area contributed by atoms with E-state index in [1.54, 1.807) is 13.1 Å². The third-order valence-corrected chi connectivity index (χ3v) is 1.39. The molecule has 0 amide bonds. The van der Waals surface area contributed by atoms with Crippen LogP contribution in [-0.2, 0) is 16.1 Å². The molecular formula is C7H9ClN2O2. The van der Waals surface area contributed by atoms with E-state index in [1.165, 1.54) is 10.9 Å². The van der Waals surface area contributed by atoms with Crippen LogP contribution in [0.1, 0.15) is 6.92 Å². The van der Waals surface area contributed by atoms with Crippen molar-refractivity contribution in [3.63, 3.8) is 0 Å². The first-order chi connectivity index (χ1) is 5.72. The molecule has 0 saturated heterocycles. The summed E-state index contributed by atoms with van der Waals surface area (Å²) in [7, 11) is 0. The number of ether oxygens (including phenoxy) is 1. The van der Waals surface area contributed by atoms with Crippen molar-refractivity contribution in [2.75, 3.05) is 6.61 Å². The second kappa shape index (κ2) is 4.11. The topological polar surface area (TPSA) is 44.1 Å². The monoisotopic (exact) mass is 188 g/mol. The number of hydrogen-bond donors (Lipinski definition) is 0. The minimum absolute atomic E-state index is 0.112. The molecule has 0 bridgehead atoms. The number of halogens is 1. The molecule has 0 aliphatic carbocycles. The maximum Gasteiger partial charge on any atom is 0.327 e. The molecule has 0 unspecified atom stereocenters. The summed E-state index contributed by atoms with van der Waals surface area (Å²) in [6.45, 7) is 2.25. The van der Waals surface area contributed by atoms with Crippen LogP contribution in [0.2, 0.25) is 5.02 Å². The molecular weight excluding hydrogens is 180 g/mol. The van der Waals surface area contributed by atoms with E-state index in [4.69, 9.17) is 16.3 Å². The first-order valence-electron chi connectivity index (χ1n) is 3.56. The van der Waals surface area contributed by atoms with E-state index < -0.39 is 0 Å².